The van der Waals surface area contributed by atoms with Gasteiger partial charge in [-0.1, -0.05) is 226 Å². The van der Waals surface area contributed by atoms with E-state index in [0.29, 0.717) is 0 Å². The lowest BCUT2D eigenvalue weighted by Crippen LogP contribution is -2.48. The summed E-state index contributed by atoms with van der Waals surface area (Å²) >= 11 is 0. The van der Waals surface area contributed by atoms with Crippen LogP contribution in [0.4, 0.5) is 0 Å². The van der Waals surface area contributed by atoms with Gasteiger partial charge in [0.25, 0.3) is 0 Å². The molecular formula is C116H112N4O4+4. The van der Waals surface area contributed by atoms with Crippen molar-refractivity contribution < 1.29 is 35.9 Å². The monoisotopic (exact) mass is 1620 g/mol. The predicted molar refractivity (Wildman–Crippen MR) is 515 cm³/mol. The molecule has 0 saturated heterocycles. The van der Waals surface area contributed by atoms with Gasteiger partial charge in [-0.15, -0.1) is 0 Å². The molecule has 0 N–H and O–H groups in total. The van der Waals surface area contributed by atoms with Gasteiger partial charge in [-0.3, -0.25) is 0 Å². The third-order valence-corrected chi connectivity index (χ3v) is 32.8. The molecule has 8 nitrogen and oxygen atoms in total. The van der Waals surface area contributed by atoms with E-state index in [0.717, 1.165) is 44.7 Å². The highest BCUT2D eigenvalue weighted by Crippen LogP contribution is 2.62. The number of rotatable bonds is 0. The van der Waals surface area contributed by atoms with E-state index >= 15 is 0 Å². The molecule has 8 heteroatoms. The van der Waals surface area contributed by atoms with Crippen molar-refractivity contribution >= 4 is 131 Å². The molecule has 12 aromatic carbocycles. The van der Waals surface area contributed by atoms with Crippen LogP contribution in [0.1, 0.15) is 178 Å². The summed E-state index contributed by atoms with van der Waals surface area (Å²) in [7, 11) is 8.65. The second-order valence-electron chi connectivity index (χ2n) is 40.8. The van der Waals surface area contributed by atoms with Crippen molar-refractivity contribution in [2.24, 2.45) is 28.2 Å². The highest BCUT2D eigenvalue weighted by atomic mass is 16.3. The molecule has 24 rings (SSSR count). The molecule has 0 saturated carbocycles. The maximum Gasteiger partial charge on any atom is 0.216 e. The van der Waals surface area contributed by atoms with Gasteiger partial charge in [0, 0.05) is 144 Å². The zero-order chi connectivity index (χ0) is 86.8. The van der Waals surface area contributed by atoms with Gasteiger partial charge in [0.1, 0.15) is 72.9 Å². The second-order valence-corrected chi connectivity index (χ2v) is 40.8. The predicted octanol–water partition coefficient (Wildman–Crippen LogP) is 28.4. The summed E-state index contributed by atoms with van der Waals surface area (Å²) in [5, 5.41) is 19.6. The number of hydrogen-bond donors (Lipinski definition) is 0. The fraction of sp³-hybridized carbons (Fsp3) is 0.276. The number of fused-ring (bicyclic) bond motifs is 32. The summed E-state index contributed by atoms with van der Waals surface area (Å²) in [6, 6.07) is 79.2. The first-order chi connectivity index (χ1) is 58.9. The van der Waals surface area contributed by atoms with Crippen molar-refractivity contribution in [3.63, 3.8) is 0 Å². The fourth-order valence-electron chi connectivity index (χ4n) is 22.9. The normalized spacial score (nSPS) is 16.6. The molecule has 0 aliphatic heterocycles. The molecule has 0 unspecified atom stereocenters. The molecule has 4 aliphatic rings. The van der Waals surface area contributed by atoms with Crippen molar-refractivity contribution in [2.45, 2.75) is 182 Å². The van der Waals surface area contributed by atoms with E-state index in [1.165, 1.54) is 198 Å². The van der Waals surface area contributed by atoms with Crippen molar-refractivity contribution in [3.05, 3.63) is 310 Å². The van der Waals surface area contributed by atoms with E-state index in [1.807, 2.05) is 0 Å². The lowest BCUT2D eigenvalue weighted by atomic mass is 9.55. The number of furan rings is 4. The molecule has 8 aromatic heterocycles. The Labute approximate surface area is 727 Å². The quantitative estimate of drug-likeness (QED) is 0.142. The zero-order valence-corrected chi connectivity index (χ0v) is 76.5. The van der Waals surface area contributed by atoms with E-state index in [4.69, 9.17) is 17.7 Å². The topological polar surface area (TPSA) is 68.1 Å². The van der Waals surface area contributed by atoms with Crippen LogP contribution in [-0.4, -0.2) is 0 Å². The summed E-state index contributed by atoms with van der Waals surface area (Å²) in [6.45, 7) is 47.2. The van der Waals surface area contributed by atoms with E-state index in [9.17, 15) is 0 Å². The molecule has 20 aromatic rings. The summed E-state index contributed by atoms with van der Waals surface area (Å²) in [6.07, 6.45) is 8.65. The Morgan fingerprint density at radius 3 is 1.03 bits per heavy atom. The second kappa shape index (κ2) is 26.5. The summed E-state index contributed by atoms with van der Waals surface area (Å²) in [5.74, 6) is 0. The van der Waals surface area contributed by atoms with Crippen LogP contribution >= 0.6 is 0 Å². The van der Waals surface area contributed by atoms with Crippen LogP contribution in [-0.2, 0) is 71.5 Å². The minimum Gasteiger partial charge on any atom is -0.456 e. The first kappa shape index (κ1) is 78.7. The minimum atomic E-state index is -0.0730. The number of aryl methyl sites for hydroxylation is 8. The Hall–Kier alpha value is -12.5. The molecule has 0 bridgehead atoms. The van der Waals surface area contributed by atoms with Gasteiger partial charge in [0.15, 0.2) is 24.8 Å². The first-order valence-electron chi connectivity index (χ1n) is 44.4. The van der Waals surface area contributed by atoms with E-state index in [2.05, 4.69) is 428 Å². The fourth-order valence-corrected chi connectivity index (χ4v) is 22.9. The molecular weight excluding hydrogens is 1510 g/mol. The smallest absolute Gasteiger partial charge is 0.216 e. The van der Waals surface area contributed by atoms with Gasteiger partial charge in [0.2, 0.25) is 22.8 Å². The van der Waals surface area contributed by atoms with Crippen molar-refractivity contribution in [2.75, 3.05) is 0 Å². The Morgan fingerprint density at radius 2 is 0.556 bits per heavy atom. The minimum absolute atomic E-state index is 0.000701. The molecule has 124 heavy (non-hydrogen) atoms. The summed E-state index contributed by atoms with van der Waals surface area (Å²) in [4.78, 5) is 0. The van der Waals surface area contributed by atoms with E-state index in [1.54, 1.807) is 0 Å². The number of aromatic nitrogens is 4. The Kier molecular flexibility index (Phi) is 16.8. The van der Waals surface area contributed by atoms with Crippen LogP contribution in [0.25, 0.3) is 176 Å². The highest BCUT2D eigenvalue weighted by Gasteiger charge is 2.55. The van der Waals surface area contributed by atoms with Crippen LogP contribution in [0.15, 0.2) is 261 Å². The SMILES string of the molecule is Cc1c2c(cc3c1oc1c4ccccc4ccc31)C(C)(C)C(C)(C)c1ccc[n+](C)c1-2.Cc1c2c(cc3c1oc1cc4ccccc4cc13)C(C)(C)C(C)(C)c1ccc[n+](C)c1-2.Cc1c2c(cc3c1oc1ccc4ccccc4c13)C(C)(C)C(C)(C)c1ccc[n+](C)c1-2.Cc1cc2oc3c4ccccc4ccc3c2c2c1-c1c(ccc[n+]1C)C(C)(C)C2(C)C. The third-order valence-electron chi connectivity index (χ3n) is 32.8. The van der Waals surface area contributed by atoms with Crippen LogP contribution in [0.5, 0.6) is 0 Å². The molecule has 4 aliphatic carbocycles. The van der Waals surface area contributed by atoms with Gasteiger partial charge in [-0.05, 0) is 183 Å². The Balaban J connectivity index is 0.000000101. The van der Waals surface area contributed by atoms with Crippen LogP contribution in [0, 0.1) is 27.7 Å². The average Bonchev–Trinajstić information content (AvgIpc) is 1.32. The molecule has 0 spiro atoms. The Bertz CT molecular complexity index is 7990. The number of pyridine rings is 4. The van der Waals surface area contributed by atoms with Crippen LogP contribution < -0.4 is 18.3 Å². The maximum atomic E-state index is 6.63. The number of hydrogen-bond acceptors (Lipinski definition) is 4. The van der Waals surface area contributed by atoms with Crippen LogP contribution in [0.2, 0.25) is 0 Å². The number of nitrogens with zero attached hydrogens (tertiary/aromatic N) is 4. The van der Waals surface area contributed by atoms with Gasteiger partial charge in [-0.2, -0.15) is 0 Å². The van der Waals surface area contributed by atoms with Gasteiger partial charge >= 0.3 is 0 Å². The maximum absolute atomic E-state index is 6.63. The molecule has 616 valence electrons. The molecule has 0 atom stereocenters. The van der Waals surface area contributed by atoms with Crippen LogP contribution in [0.3, 0.4) is 0 Å². The summed E-state index contributed by atoms with van der Waals surface area (Å²) in [5.41, 5.74) is 34.6. The third kappa shape index (κ3) is 10.5. The van der Waals surface area contributed by atoms with Gasteiger partial charge in [0.05, 0.1) is 22.3 Å². The van der Waals surface area contributed by atoms with E-state index < -0.39 is 0 Å². The van der Waals surface area contributed by atoms with Gasteiger partial charge < -0.3 is 17.7 Å². The van der Waals surface area contributed by atoms with Crippen molar-refractivity contribution in [1.29, 1.82) is 0 Å². The van der Waals surface area contributed by atoms with E-state index in [-0.39, 0.29) is 43.3 Å². The molecule has 0 fully saturated rings. The lowest BCUT2D eigenvalue weighted by molar-refractivity contribution is -0.661. The first-order valence-corrected chi connectivity index (χ1v) is 44.4. The lowest BCUT2D eigenvalue weighted by Gasteiger charge is -2.47. The van der Waals surface area contributed by atoms with Gasteiger partial charge in [-0.25, -0.2) is 18.3 Å². The standard InChI is InChI=1S/4C29H28NO/c1-17-24-22(29(4,5)28(2,3)21-12-9-15-30(6)26(21)24)16-20-25-19-11-8-7-10-18(19)13-14-23(25)31-27(17)20;1-17-24-23(29(4,5)28(2,3)22-12-9-15-30(6)25(22)24)16-21-20-14-13-18-10-7-8-11-19(18)27(20)31-26(17)21;1-17-16-22-24(20-14-13-18-10-7-8-11-19(18)27(20)31-22)25-23(17)26-21(12-9-15-30(26)6)28(2,3)29(25,4)5;1-17-25-23(29(4,5)28(2,3)22-12-9-13-30(6)26(22)25)16-21-20-14-18-10-7-8-11-19(18)15-24(20)31-27(17)21/h4*7-16H,1-6H3/q4*+1. The highest BCUT2D eigenvalue weighted by molar-refractivity contribution is 6.22. The Morgan fingerprint density at radius 1 is 0.218 bits per heavy atom. The molecule has 8 heterocycles. The molecule has 0 radical (unpaired) electrons. The van der Waals surface area contributed by atoms with Crippen molar-refractivity contribution in [1.82, 2.24) is 0 Å². The number of benzene rings is 12. The average molecular weight is 1630 g/mol. The van der Waals surface area contributed by atoms with Crippen molar-refractivity contribution in [3.8, 4) is 45.0 Å². The zero-order valence-electron chi connectivity index (χ0n) is 76.5. The summed E-state index contributed by atoms with van der Waals surface area (Å²) < 4.78 is 35.4. The molecule has 0 amide bonds. The largest absolute Gasteiger partial charge is 0.456 e.